The van der Waals surface area contributed by atoms with Crippen molar-refractivity contribution in [1.82, 2.24) is 9.88 Å². The van der Waals surface area contributed by atoms with Gasteiger partial charge in [0.1, 0.15) is 5.75 Å². The molecular weight excluding hydrogens is 409 g/mol. The van der Waals surface area contributed by atoms with Crippen LogP contribution in [-0.4, -0.2) is 34.8 Å². The molecule has 2 aromatic carbocycles. The quantitative estimate of drug-likeness (QED) is 0.499. The summed E-state index contributed by atoms with van der Waals surface area (Å²) in [5.74, 6) is -0.552. The van der Waals surface area contributed by atoms with Gasteiger partial charge in [-0.15, -0.1) is 0 Å². The molecule has 0 spiro atoms. The largest absolute Gasteiger partial charge is 0.453 e. The highest BCUT2D eigenvalue weighted by molar-refractivity contribution is 6.03. The number of anilines is 1. The van der Waals surface area contributed by atoms with Crippen LogP contribution < -0.4 is 10.1 Å². The molecule has 164 valence electrons. The summed E-state index contributed by atoms with van der Waals surface area (Å²) >= 11 is 0. The lowest BCUT2D eigenvalue weighted by atomic mass is 10.1. The van der Waals surface area contributed by atoms with Crippen molar-refractivity contribution in [3.8, 4) is 11.5 Å². The van der Waals surface area contributed by atoms with Crippen molar-refractivity contribution in [2.45, 2.75) is 13.8 Å². The minimum atomic E-state index is -0.556. The fraction of sp³-hybridized carbons (Fsp3) is 0.160. The Bertz CT molecular complexity index is 1110. The highest BCUT2D eigenvalue weighted by Crippen LogP contribution is 2.25. The van der Waals surface area contributed by atoms with Crippen LogP contribution in [0, 0.1) is 5.82 Å². The molecule has 1 N–H and O–H groups in total. The maximum absolute atomic E-state index is 14.3. The van der Waals surface area contributed by atoms with E-state index in [0.717, 1.165) is 0 Å². The average molecular weight is 433 g/mol. The Morgan fingerprint density at radius 1 is 1.09 bits per heavy atom. The Kier molecular flexibility index (Phi) is 7.70. The number of hydrogen-bond acceptors (Lipinski definition) is 4. The van der Waals surface area contributed by atoms with Crippen molar-refractivity contribution in [1.29, 1.82) is 0 Å². The third-order valence-corrected chi connectivity index (χ3v) is 4.67. The molecule has 3 rings (SSSR count). The first-order valence-corrected chi connectivity index (χ1v) is 10.3. The smallest absolute Gasteiger partial charge is 0.253 e. The van der Waals surface area contributed by atoms with Crippen LogP contribution in [0.1, 0.15) is 29.8 Å². The van der Waals surface area contributed by atoms with Crippen LogP contribution in [0.15, 0.2) is 73.1 Å². The summed E-state index contributed by atoms with van der Waals surface area (Å²) in [6.07, 6.45) is 5.88. The van der Waals surface area contributed by atoms with Gasteiger partial charge >= 0.3 is 0 Å². The fourth-order valence-electron chi connectivity index (χ4n) is 3.02. The maximum Gasteiger partial charge on any atom is 0.253 e. The van der Waals surface area contributed by atoms with Gasteiger partial charge in [-0.05, 0) is 68.0 Å². The second-order valence-electron chi connectivity index (χ2n) is 6.86. The van der Waals surface area contributed by atoms with E-state index in [4.69, 9.17) is 4.74 Å². The van der Waals surface area contributed by atoms with Crippen molar-refractivity contribution in [2.75, 3.05) is 18.4 Å². The minimum absolute atomic E-state index is 0.0642. The molecule has 0 aliphatic heterocycles. The molecule has 0 radical (unpaired) electrons. The van der Waals surface area contributed by atoms with Crippen molar-refractivity contribution in [3.05, 3.63) is 90.0 Å². The number of nitrogens with zero attached hydrogens (tertiary/aromatic N) is 2. The fourth-order valence-corrected chi connectivity index (χ4v) is 3.02. The van der Waals surface area contributed by atoms with E-state index in [2.05, 4.69) is 10.3 Å². The summed E-state index contributed by atoms with van der Waals surface area (Å²) in [6, 6.07) is 14.5. The second kappa shape index (κ2) is 10.9. The SMILES string of the molecule is CCN(CC)C(=O)c1cccc(NC(=O)/C=C/c2ccc(Oc3cccnc3)c(F)c2)c1. The predicted molar refractivity (Wildman–Crippen MR) is 122 cm³/mol. The standard InChI is InChI=1S/C25H24FN3O3/c1-3-29(4-2)25(31)19-7-5-8-20(16-19)28-24(30)13-11-18-10-12-23(22(26)15-18)32-21-9-6-14-27-17-21/h5-17H,3-4H2,1-2H3,(H,28,30)/b13-11+. The van der Waals surface area contributed by atoms with E-state index in [-0.39, 0.29) is 11.7 Å². The molecule has 1 heterocycles. The number of rotatable bonds is 8. The van der Waals surface area contributed by atoms with Crippen LogP contribution in [0.4, 0.5) is 10.1 Å². The summed E-state index contributed by atoms with van der Waals surface area (Å²) in [6.45, 7) is 5.05. The van der Waals surface area contributed by atoms with E-state index in [0.29, 0.717) is 35.7 Å². The van der Waals surface area contributed by atoms with E-state index in [1.165, 1.54) is 30.5 Å². The lowest BCUT2D eigenvalue weighted by molar-refractivity contribution is -0.111. The summed E-state index contributed by atoms with van der Waals surface area (Å²) < 4.78 is 19.8. The number of halogens is 1. The van der Waals surface area contributed by atoms with Gasteiger partial charge in [-0.1, -0.05) is 12.1 Å². The number of ether oxygens (including phenoxy) is 1. The highest BCUT2D eigenvalue weighted by atomic mass is 19.1. The van der Waals surface area contributed by atoms with Crippen molar-refractivity contribution in [3.63, 3.8) is 0 Å². The Labute approximate surface area is 186 Å². The molecular formula is C25H24FN3O3. The van der Waals surface area contributed by atoms with Gasteiger partial charge in [-0.2, -0.15) is 0 Å². The molecule has 32 heavy (non-hydrogen) atoms. The number of amides is 2. The third kappa shape index (κ3) is 6.01. The lowest BCUT2D eigenvalue weighted by Gasteiger charge is -2.18. The van der Waals surface area contributed by atoms with Crippen LogP contribution in [0.2, 0.25) is 0 Å². The molecule has 0 unspecified atom stereocenters. The molecule has 3 aromatic rings. The number of aromatic nitrogens is 1. The topological polar surface area (TPSA) is 71.5 Å². The number of nitrogens with one attached hydrogen (secondary N) is 1. The molecule has 0 aliphatic rings. The lowest BCUT2D eigenvalue weighted by Crippen LogP contribution is -2.30. The predicted octanol–water partition coefficient (Wildman–Crippen LogP) is 5.15. The number of carbonyl (C=O) groups excluding carboxylic acids is 2. The van der Waals surface area contributed by atoms with Crippen molar-refractivity contribution >= 4 is 23.6 Å². The molecule has 6 nitrogen and oxygen atoms in total. The molecule has 0 atom stereocenters. The number of hydrogen-bond donors (Lipinski definition) is 1. The molecule has 1 aromatic heterocycles. The zero-order chi connectivity index (χ0) is 22.9. The van der Waals surface area contributed by atoms with Gasteiger partial charge < -0.3 is 15.0 Å². The molecule has 0 saturated heterocycles. The van der Waals surface area contributed by atoms with Gasteiger partial charge in [0.2, 0.25) is 5.91 Å². The number of pyridine rings is 1. The van der Waals surface area contributed by atoms with E-state index in [1.807, 2.05) is 13.8 Å². The van der Waals surface area contributed by atoms with E-state index >= 15 is 0 Å². The minimum Gasteiger partial charge on any atom is -0.453 e. The van der Waals surface area contributed by atoms with Crippen LogP contribution in [0.25, 0.3) is 6.08 Å². The van der Waals surface area contributed by atoms with Crippen LogP contribution in [0.3, 0.4) is 0 Å². The summed E-state index contributed by atoms with van der Waals surface area (Å²) in [7, 11) is 0. The first-order valence-electron chi connectivity index (χ1n) is 10.3. The van der Waals surface area contributed by atoms with Crippen molar-refractivity contribution in [2.24, 2.45) is 0 Å². The van der Waals surface area contributed by atoms with Gasteiger partial charge in [0.05, 0.1) is 6.20 Å². The summed E-state index contributed by atoms with van der Waals surface area (Å²) in [5.41, 5.74) is 1.51. The van der Waals surface area contributed by atoms with Crippen molar-refractivity contribution < 1.29 is 18.7 Å². The molecule has 2 amide bonds. The highest BCUT2D eigenvalue weighted by Gasteiger charge is 2.13. The first kappa shape index (κ1) is 22.7. The monoisotopic (exact) mass is 433 g/mol. The van der Waals surface area contributed by atoms with E-state index < -0.39 is 11.7 Å². The summed E-state index contributed by atoms with van der Waals surface area (Å²) in [4.78, 5) is 30.4. The Morgan fingerprint density at radius 3 is 2.59 bits per heavy atom. The second-order valence-corrected chi connectivity index (χ2v) is 6.86. The van der Waals surface area contributed by atoms with Gasteiger partial charge in [0.15, 0.2) is 11.6 Å². The average Bonchev–Trinajstić information content (AvgIpc) is 2.81. The summed E-state index contributed by atoms with van der Waals surface area (Å²) in [5, 5.41) is 2.72. The van der Waals surface area contributed by atoms with Gasteiger partial charge in [0.25, 0.3) is 5.91 Å². The van der Waals surface area contributed by atoms with Gasteiger partial charge in [-0.25, -0.2) is 4.39 Å². The third-order valence-electron chi connectivity index (χ3n) is 4.67. The molecule has 0 saturated carbocycles. The first-order chi connectivity index (χ1) is 15.5. The van der Waals surface area contributed by atoms with E-state index in [9.17, 15) is 14.0 Å². The Balaban J connectivity index is 1.64. The van der Waals surface area contributed by atoms with Gasteiger partial charge in [-0.3, -0.25) is 14.6 Å². The van der Waals surface area contributed by atoms with E-state index in [1.54, 1.807) is 53.6 Å². The number of benzene rings is 2. The molecule has 0 fully saturated rings. The number of carbonyl (C=O) groups is 2. The van der Waals surface area contributed by atoms with Crippen LogP contribution in [-0.2, 0) is 4.79 Å². The van der Waals surface area contributed by atoms with Gasteiger partial charge in [0, 0.05) is 36.6 Å². The Hall–Kier alpha value is -4.00. The molecule has 0 aliphatic carbocycles. The van der Waals surface area contributed by atoms with Crippen LogP contribution in [0.5, 0.6) is 11.5 Å². The zero-order valence-corrected chi connectivity index (χ0v) is 17.9. The van der Waals surface area contributed by atoms with Crippen LogP contribution >= 0.6 is 0 Å². The Morgan fingerprint density at radius 2 is 1.91 bits per heavy atom. The normalized spacial score (nSPS) is 10.7. The molecule has 7 heteroatoms. The maximum atomic E-state index is 14.3. The molecule has 0 bridgehead atoms. The zero-order valence-electron chi connectivity index (χ0n) is 17.9.